The number of hydrogen-bond acceptors (Lipinski definition) is 4. The van der Waals surface area contributed by atoms with Crippen LogP contribution >= 0.6 is 0 Å². The summed E-state index contributed by atoms with van der Waals surface area (Å²) in [5.41, 5.74) is -0.682. The van der Waals surface area contributed by atoms with Gasteiger partial charge < -0.3 is 10.1 Å². The lowest BCUT2D eigenvalue weighted by Gasteiger charge is -2.15. The molecule has 1 aromatic carbocycles. The van der Waals surface area contributed by atoms with E-state index < -0.39 is 29.7 Å². The summed E-state index contributed by atoms with van der Waals surface area (Å²) in [6, 6.07) is 5.22. The lowest BCUT2D eigenvalue weighted by atomic mass is 10.1. The number of benzene rings is 1. The van der Waals surface area contributed by atoms with Gasteiger partial charge in [-0.2, -0.15) is 18.4 Å². The molecular weight excluding hydrogens is 313 g/mol. The summed E-state index contributed by atoms with van der Waals surface area (Å²) in [6.45, 7) is 0. The average molecular weight is 328 g/mol. The Morgan fingerprint density at radius 3 is 2.65 bits per heavy atom. The molecule has 0 radical (unpaired) electrons. The van der Waals surface area contributed by atoms with Crippen LogP contribution in [0, 0.1) is 11.3 Å². The van der Waals surface area contributed by atoms with Crippen LogP contribution in [0.3, 0.4) is 0 Å². The Hall–Kier alpha value is -2.56. The number of nitrogens with zero attached hydrogens (tertiary/aromatic N) is 1. The molecule has 0 heterocycles. The Balaban J connectivity index is 2.75. The molecule has 124 valence electrons. The van der Waals surface area contributed by atoms with Gasteiger partial charge in [-0.05, 0) is 18.1 Å². The van der Waals surface area contributed by atoms with E-state index in [1.54, 1.807) is 0 Å². The normalized spacial score (nSPS) is 12.1. The van der Waals surface area contributed by atoms with Crippen LogP contribution in [0.25, 0.3) is 0 Å². The number of amides is 1. The predicted molar refractivity (Wildman–Crippen MR) is 73.9 cm³/mol. The highest BCUT2D eigenvalue weighted by Crippen LogP contribution is 2.29. The number of nitrogens with one attached hydrogen (secondary N) is 1. The standard InChI is InChI=1S/C15H15F3N2O3/c1-23-14(22)12(6-3-7-19)20-13(21)9-10-4-2-5-11(8-10)15(16,17)18/h2,4-5,8,12H,3,6,9H2,1H3,(H,20,21)/t12-/m0/s1. The molecule has 1 rings (SSSR count). The molecule has 0 spiro atoms. The first-order valence-corrected chi connectivity index (χ1v) is 6.68. The van der Waals surface area contributed by atoms with E-state index in [1.807, 2.05) is 6.07 Å². The van der Waals surface area contributed by atoms with E-state index in [2.05, 4.69) is 10.1 Å². The van der Waals surface area contributed by atoms with Crippen LogP contribution in [-0.4, -0.2) is 25.0 Å². The molecule has 0 aliphatic heterocycles. The highest BCUT2D eigenvalue weighted by Gasteiger charge is 2.30. The maximum atomic E-state index is 12.6. The van der Waals surface area contributed by atoms with Crippen LogP contribution in [0.2, 0.25) is 0 Å². The lowest BCUT2D eigenvalue weighted by Crippen LogP contribution is -2.42. The molecule has 0 aliphatic carbocycles. The number of methoxy groups -OCH3 is 1. The van der Waals surface area contributed by atoms with Crippen molar-refractivity contribution in [3.63, 3.8) is 0 Å². The Morgan fingerprint density at radius 1 is 1.39 bits per heavy atom. The van der Waals surface area contributed by atoms with Crippen molar-refractivity contribution in [2.24, 2.45) is 0 Å². The van der Waals surface area contributed by atoms with Gasteiger partial charge in [0.2, 0.25) is 5.91 Å². The topological polar surface area (TPSA) is 79.2 Å². The second kappa shape index (κ2) is 8.17. The van der Waals surface area contributed by atoms with Crippen LogP contribution < -0.4 is 5.32 Å². The van der Waals surface area contributed by atoms with Crippen molar-refractivity contribution < 1.29 is 27.5 Å². The minimum atomic E-state index is -4.49. The van der Waals surface area contributed by atoms with E-state index in [0.29, 0.717) is 0 Å². The first kappa shape index (κ1) is 18.5. The molecule has 5 nitrogen and oxygen atoms in total. The number of esters is 1. The van der Waals surface area contributed by atoms with Crippen LogP contribution in [0.15, 0.2) is 24.3 Å². The van der Waals surface area contributed by atoms with Gasteiger partial charge in [0.1, 0.15) is 6.04 Å². The Morgan fingerprint density at radius 2 is 2.09 bits per heavy atom. The summed E-state index contributed by atoms with van der Waals surface area (Å²) < 4.78 is 42.4. The summed E-state index contributed by atoms with van der Waals surface area (Å²) in [6.07, 6.45) is -4.71. The molecule has 23 heavy (non-hydrogen) atoms. The lowest BCUT2D eigenvalue weighted by molar-refractivity contribution is -0.145. The summed E-state index contributed by atoms with van der Waals surface area (Å²) in [4.78, 5) is 23.4. The number of carbonyl (C=O) groups is 2. The average Bonchev–Trinajstić information content (AvgIpc) is 2.50. The first-order chi connectivity index (χ1) is 10.8. The molecule has 1 amide bonds. The third-order valence-corrected chi connectivity index (χ3v) is 2.98. The van der Waals surface area contributed by atoms with Crippen LogP contribution in [0.5, 0.6) is 0 Å². The molecule has 0 aromatic heterocycles. The van der Waals surface area contributed by atoms with Gasteiger partial charge >= 0.3 is 12.1 Å². The van der Waals surface area contributed by atoms with Crippen LogP contribution in [0.1, 0.15) is 24.0 Å². The fraction of sp³-hybridized carbons (Fsp3) is 0.400. The van der Waals surface area contributed by atoms with Crippen molar-refractivity contribution in [3.8, 4) is 6.07 Å². The van der Waals surface area contributed by atoms with Crippen molar-refractivity contribution >= 4 is 11.9 Å². The van der Waals surface area contributed by atoms with Gasteiger partial charge in [0.15, 0.2) is 0 Å². The van der Waals surface area contributed by atoms with Crippen molar-refractivity contribution in [1.82, 2.24) is 5.32 Å². The van der Waals surface area contributed by atoms with Crippen LogP contribution in [-0.2, 0) is 26.9 Å². The number of nitriles is 1. The Kier molecular flexibility index (Phi) is 6.57. The summed E-state index contributed by atoms with van der Waals surface area (Å²) >= 11 is 0. The van der Waals surface area contributed by atoms with E-state index in [9.17, 15) is 22.8 Å². The number of carbonyl (C=O) groups excluding carboxylic acids is 2. The highest BCUT2D eigenvalue weighted by molar-refractivity contribution is 5.85. The minimum absolute atomic E-state index is 0.0314. The van der Waals surface area contributed by atoms with E-state index in [1.165, 1.54) is 12.1 Å². The largest absolute Gasteiger partial charge is 0.467 e. The van der Waals surface area contributed by atoms with Crippen molar-refractivity contribution in [1.29, 1.82) is 5.26 Å². The maximum absolute atomic E-state index is 12.6. The number of alkyl halides is 3. The molecule has 1 atom stereocenters. The fourth-order valence-electron chi connectivity index (χ4n) is 1.89. The SMILES string of the molecule is COC(=O)[C@H](CCC#N)NC(=O)Cc1cccc(C(F)(F)F)c1. The molecular formula is C15H15F3N2O3. The molecule has 0 saturated heterocycles. The van der Waals surface area contributed by atoms with Gasteiger partial charge in [0, 0.05) is 6.42 Å². The number of ether oxygens (including phenoxy) is 1. The summed E-state index contributed by atoms with van der Waals surface area (Å²) in [5.74, 6) is -1.34. The van der Waals surface area contributed by atoms with Gasteiger partial charge in [0.25, 0.3) is 0 Å². The first-order valence-electron chi connectivity index (χ1n) is 6.68. The summed E-state index contributed by atoms with van der Waals surface area (Å²) in [7, 11) is 1.14. The zero-order valence-electron chi connectivity index (χ0n) is 12.3. The molecule has 8 heteroatoms. The monoisotopic (exact) mass is 328 g/mol. The highest BCUT2D eigenvalue weighted by atomic mass is 19.4. The van der Waals surface area contributed by atoms with E-state index in [4.69, 9.17) is 5.26 Å². The molecule has 1 aromatic rings. The second-order valence-corrected chi connectivity index (χ2v) is 4.71. The van der Waals surface area contributed by atoms with Crippen LogP contribution in [0.4, 0.5) is 13.2 Å². The zero-order chi connectivity index (χ0) is 17.5. The van der Waals surface area contributed by atoms with Gasteiger partial charge in [-0.3, -0.25) is 4.79 Å². The van der Waals surface area contributed by atoms with E-state index in [0.717, 1.165) is 19.2 Å². The van der Waals surface area contributed by atoms with Crippen molar-refractivity contribution in [3.05, 3.63) is 35.4 Å². The van der Waals surface area contributed by atoms with E-state index >= 15 is 0 Å². The number of rotatable bonds is 6. The number of halogens is 3. The minimum Gasteiger partial charge on any atom is -0.467 e. The third kappa shape index (κ3) is 5.98. The second-order valence-electron chi connectivity index (χ2n) is 4.71. The molecule has 0 fully saturated rings. The molecule has 0 bridgehead atoms. The maximum Gasteiger partial charge on any atom is 0.416 e. The number of hydrogen-bond donors (Lipinski definition) is 1. The predicted octanol–water partition coefficient (Wildman–Crippen LogP) is 2.21. The van der Waals surface area contributed by atoms with Crippen molar-refractivity contribution in [2.75, 3.05) is 7.11 Å². The summed E-state index contributed by atoms with van der Waals surface area (Å²) in [5, 5.41) is 10.9. The van der Waals surface area contributed by atoms with Gasteiger partial charge in [0.05, 0.1) is 25.2 Å². The molecule has 0 saturated carbocycles. The van der Waals surface area contributed by atoms with Gasteiger partial charge in [-0.1, -0.05) is 18.2 Å². The molecule has 0 unspecified atom stereocenters. The van der Waals surface area contributed by atoms with Gasteiger partial charge in [-0.15, -0.1) is 0 Å². The molecule has 0 aliphatic rings. The fourth-order valence-corrected chi connectivity index (χ4v) is 1.89. The van der Waals surface area contributed by atoms with Crippen molar-refractivity contribution in [2.45, 2.75) is 31.5 Å². The zero-order valence-corrected chi connectivity index (χ0v) is 12.3. The van der Waals surface area contributed by atoms with Gasteiger partial charge in [-0.25, -0.2) is 4.79 Å². The third-order valence-electron chi connectivity index (χ3n) is 2.98. The smallest absolute Gasteiger partial charge is 0.416 e. The van der Waals surface area contributed by atoms with E-state index in [-0.39, 0.29) is 24.8 Å². The Bertz CT molecular complexity index is 609. The Labute approximate surface area is 131 Å². The molecule has 1 N–H and O–H groups in total. The quantitative estimate of drug-likeness (QED) is 0.812.